The fourth-order valence-corrected chi connectivity index (χ4v) is 1.000. The zero-order valence-corrected chi connectivity index (χ0v) is 6.87. The molecule has 0 aliphatic heterocycles. The molecule has 0 fully saturated rings. The molecule has 12 heavy (non-hydrogen) atoms. The first-order valence-corrected chi connectivity index (χ1v) is 3.86. The van der Waals surface area contributed by atoms with Gasteiger partial charge in [0.25, 0.3) is 0 Å². The van der Waals surface area contributed by atoms with Gasteiger partial charge >= 0.3 is 6.09 Å². The third-order valence-corrected chi connectivity index (χ3v) is 1.51. The van der Waals surface area contributed by atoms with Gasteiger partial charge in [0.05, 0.1) is 12.6 Å². The van der Waals surface area contributed by atoms with Gasteiger partial charge in [-0.05, 0) is 13.0 Å². The Morgan fingerprint density at radius 3 is 3.08 bits per heavy atom. The van der Waals surface area contributed by atoms with Crippen molar-refractivity contribution in [2.45, 2.75) is 19.4 Å². The molecule has 0 saturated heterocycles. The van der Waals surface area contributed by atoms with Crippen LogP contribution in [0.5, 0.6) is 0 Å². The van der Waals surface area contributed by atoms with Crippen molar-refractivity contribution in [3.8, 4) is 0 Å². The summed E-state index contributed by atoms with van der Waals surface area (Å²) in [5, 5.41) is 2.54. The van der Waals surface area contributed by atoms with E-state index in [1.807, 2.05) is 0 Å². The molecule has 0 aromatic carbocycles. The van der Waals surface area contributed by atoms with Gasteiger partial charge in [-0.25, -0.2) is 4.79 Å². The summed E-state index contributed by atoms with van der Waals surface area (Å²) in [7, 11) is 0. The minimum absolute atomic E-state index is 0.0387. The van der Waals surface area contributed by atoms with E-state index >= 15 is 0 Å². The molecule has 4 heteroatoms. The van der Waals surface area contributed by atoms with Crippen LogP contribution in [0.15, 0.2) is 12.2 Å². The summed E-state index contributed by atoms with van der Waals surface area (Å²) in [6, 6.07) is -0.184. The van der Waals surface area contributed by atoms with Crippen LogP contribution < -0.4 is 5.32 Å². The van der Waals surface area contributed by atoms with Crippen LogP contribution in [0.25, 0.3) is 0 Å². The van der Waals surface area contributed by atoms with Gasteiger partial charge in [-0.15, -0.1) is 0 Å². The lowest BCUT2D eigenvalue weighted by atomic mass is 10.2. The molecular weight excluding hydrogens is 158 g/mol. The second kappa shape index (κ2) is 3.90. The highest BCUT2D eigenvalue weighted by Gasteiger charge is 2.17. The molecule has 66 valence electrons. The predicted octanol–water partition coefficient (Wildman–Crippen LogP) is 0.630. The van der Waals surface area contributed by atoms with Gasteiger partial charge in [0.2, 0.25) is 0 Å². The van der Waals surface area contributed by atoms with Gasteiger partial charge in [0.1, 0.15) is 0 Å². The molecule has 1 N–H and O–H groups in total. The Hall–Kier alpha value is -1.32. The average molecular weight is 169 g/mol. The minimum Gasteiger partial charge on any atom is -0.450 e. The Morgan fingerprint density at radius 1 is 1.83 bits per heavy atom. The number of carbonyl (C=O) groups excluding carboxylic acids is 2. The summed E-state index contributed by atoms with van der Waals surface area (Å²) in [5.41, 5.74) is 0. The van der Waals surface area contributed by atoms with Crippen molar-refractivity contribution >= 4 is 11.9 Å². The molecule has 0 aromatic heterocycles. The maximum Gasteiger partial charge on any atom is 0.407 e. The second-order valence-corrected chi connectivity index (χ2v) is 2.50. The highest BCUT2D eigenvalue weighted by Crippen LogP contribution is 2.05. The van der Waals surface area contributed by atoms with Gasteiger partial charge in [-0.2, -0.15) is 0 Å². The van der Waals surface area contributed by atoms with Crippen LogP contribution in [0.1, 0.15) is 13.3 Å². The molecule has 0 spiro atoms. The zero-order valence-electron chi connectivity index (χ0n) is 6.87. The molecule has 1 aliphatic rings. The number of allylic oxidation sites excluding steroid dienone is 1. The van der Waals surface area contributed by atoms with E-state index in [2.05, 4.69) is 10.1 Å². The third kappa shape index (κ3) is 2.38. The molecule has 0 heterocycles. The number of ether oxygens (including phenoxy) is 1. The van der Waals surface area contributed by atoms with Crippen LogP contribution in [0.4, 0.5) is 4.79 Å². The Balaban J connectivity index is 2.28. The van der Waals surface area contributed by atoms with E-state index in [4.69, 9.17) is 0 Å². The molecule has 0 saturated carbocycles. The lowest BCUT2D eigenvalue weighted by molar-refractivity contribution is -0.114. The van der Waals surface area contributed by atoms with Gasteiger partial charge in [-0.1, -0.05) is 6.08 Å². The summed E-state index contributed by atoms with van der Waals surface area (Å²) < 4.78 is 4.64. The first-order valence-electron chi connectivity index (χ1n) is 3.86. The highest BCUT2D eigenvalue weighted by molar-refractivity contribution is 5.93. The number of hydrogen-bond acceptors (Lipinski definition) is 3. The lowest BCUT2D eigenvalue weighted by Crippen LogP contribution is -2.33. The smallest absolute Gasteiger partial charge is 0.407 e. The summed E-state index contributed by atoms with van der Waals surface area (Å²) in [4.78, 5) is 21.5. The average Bonchev–Trinajstić information content (AvgIpc) is 2.36. The number of rotatable bonds is 2. The summed E-state index contributed by atoms with van der Waals surface area (Å²) >= 11 is 0. The zero-order chi connectivity index (χ0) is 8.97. The quantitative estimate of drug-likeness (QED) is 0.659. The van der Waals surface area contributed by atoms with Gasteiger partial charge in [-0.3, -0.25) is 4.79 Å². The highest BCUT2D eigenvalue weighted by atomic mass is 16.5. The number of ketones is 1. The van der Waals surface area contributed by atoms with Crippen LogP contribution in [-0.4, -0.2) is 24.5 Å². The molecule has 1 amide bonds. The minimum atomic E-state index is -0.471. The van der Waals surface area contributed by atoms with E-state index in [0.29, 0.717) is 13.0 Å². The van der Waals surface area contributed by atoms with Gasteiger partial charge < -0.3 is 10.1 Å². The van der Waals surface area contributed by atoms with Crippen molar-refractivity contribution in [1.29, 1.82) is 0 Å². The molecule has 1 unspecified atom stereocenters. The van der Waals surface area contributed by atoms with E-state index in [0.717, 1.165) is 0 Å². The van der Waals surface area contributed by atoms with Crippen LogP contribution in [-0.2, 0) is 9.53 Å². The first kappa shape index (κ1) is 8.77. The number of alkyl carbamates (subject to hydrolysis) is 1. The van der Waals surface area contributed by atoms with Crippen molar-refractivity contribution in [1.82, 2.24) is 5.32 Å². The molecule has 1 aliphatic carbocycles. The van der Waals surface area contributed by atoms with E-state index in [1.54, 1.807) is 13.0 Å². The molecule has 1 rings (SSSR count). The standard InChI is InChI=1S/C8H11NO3/c1-2-12-8(11)9-6-3-4-7(10)5-6/h3-4,6H,2,5H2,1H3,(H,9,11). The van der Waals surface area contributed by atoms with E-state index in [1.165, 1.54) is 6.08 Å². The van der Waals surface area contributed by atoms with E-state index in [-0.39, 0.29) is 11.8 Å². The number of hydrogen-bond donors (Lipinski definition) is 1. The Morgan fingerprint density at radius 2 is 2.58 bits per heavy atom. The normalized spacial score (nSPS) is 21.1. The predicted molar refractivity (Wildman–Crippen MR) is 42.7 cm³/mol. The Kier molecular flexibility index (Phi) is 2.85. The molecular formula is C8H11NO3. The van der Waals surface area contributed by atoms with E-state index in [9.17, 15) is 9.59 Å². The summed E-state index contributed by atoms with van der Waals surface area (Å²) in [6.45, 7) is 2.07. The largest absolute Gasteiger partial charge is 0.450 e. The molecule has 0 radical (unpaired) electrons. The monoisotopic (exact) mass is 169 g/mol. The van der Waals surface area contributed by atoms with Crippen molar-refractivity contribution < 1.29 is 14.3 Å². The number of amides is 1. The van der Waals surface area contributed by atoms with Crippen LogP contribution >= 0.6 is 0 Å². The molecule has 0 aromatic rings. The number of carbonyl (C=O) groups is 2. The van der Waals surface area contributed by atoms with Crippen LogP contribution in [0.2, 0.25) is 0 Å². The first-order chi connectivity index (χ1) is 5.72. The number of nitrogens with one attached hydrogen (secondary N) is 1. The van der Waals surface area contributed by atoms with Crippen LogP contribution in [0, 0.1) is 0 Å². The van der Waals surface area contributed by atoms with Crippen molar-refractivity contribution in [3.63, 3.8) is 0 Å². The lowest BCUT2D eigenvalue weighted by Gasteiger charge is -2.08. The fraction of sp³-hybridized carbons (Fsp3) is 0.500. The molecule has 0 bridgehead atoms. The van der Waals surface area contributed by atoms with Crippen LogP contribution in [0.3, 0.4) is 0 Å². The van der Waals surface area contributed by atoms with Crippen molar-refractivity contribution in [2.24, 2.45) is 0 Å². The SMILES string of the molecule is CCOC(=O)NC1C=CC(=O)C1. The second-order valence-electron chi connectivity index (χ2n) is 2.50. The van der Waals surface area contributed by atoms with Crippen molar-refractivity contribution in [3.05, 3.63) is 12.2 Å². The third-order valence-electron chi connectivity index (χ3n) is 1.51. The van der Waals surface area contributed by atoms with Gasteiger partial charge in [0.15, 0.2) is 5.78 Å². The maximum absolute atomic E-state index is 10.8. The molecule has 4 nitrogen and oxygen atoms in total. The summed E-state index contributed by atoms with van der Waals surface area (Å²) in [5.74, 6) is 0.0387. The van der Waals surface area contributed by atoms with Gasteiger partial charge in [0, 0.05) is 6.42 Å². The van der Waals surface area contributed by atoms with E-state index < -0.39 is 6.09 Å². The van der Waals surface area contributed by atoms with Crippen molar-refractivity contribution in [2.75, 3.05) is 6.61 Å². The molecule has 1 atom stereocenters. The Labute approximate surface area is 70.6 Å². The summed E-state index contributed by atoms with van der Waals surface area (Å²) in [6.07, 6.45) is 3.01. The fourth-order valence-electron chi connectivity index (χ4n) is 1.000. The Bertz CT molecular complexity index is 222. The topological polar surface area (TPSA) is 55.4 Å². The maximum atomic E-state index is 10.8.